The van der Waals surface area contributed by atoms with Crippen molar-refractivity contribution in [3.8, 4) is 5.75 Å². The van der Waals surface area contributed by atoms with Gasteiger partial charge in [-0.15, -0.1) is 0 Å². The number of hydrogen-bond donors (Lipinski definition) is 1. The second-order valence-electron chi connectivity index (χ2n) is 5.58. The summed E-state index contributed by atoms with van der Waals surface area (Å²) < 4.78 is 5.88. The minimum absolute atomic E-state index is 0.0626. The number of benzene rings is 1. The van der Waals surface area contributed by atoms with Gasteiger partial charge in [0.2, 0.25) is 0 Å². The van der Waals surface area contributed by atoms with Gasteiger partial charge in [-0.1, -0.05) is 26.0 Å². The topological polar surface area (TPSA) is 29.5 Å². The molecule has 0 amide bonds. The Labute approximate surface area is 104 Å². The predicted octanol–water partition coefficient (Wildman–Crippen LogP) is 3.49. The lowest BCUT2D eigenvalue weighted by Gasteiger charge is -2.26. The van der Waals surface area contributed by atoms with Crippen LogP contribution < -0.4 is 4.74 Å². The summed E-state index contributed by atoms with van der Waals surface area (Å²) in [4.78, 5) is 0. The van der Waals surface area contributed by atoms with Crippen molar-refractivity contribution >= 4 is 0 Å². The Morgan fingerprint density at radius 1 is 1.29 bits per heavy atom. The van der Waals surface area contributed by atoms with Crippen molar-refractivity contribution in [2.24, 2.45) is 0 Å². The van der Waals surface area contributed by atoms with Gasteiger partial charge >= 0.3 is 0 Å². The quantitative estimate of drug-likeness (QED) is 0.867. The van der Waals surface area contributed by atoms with E-state index in [1.54, 1.807) is 0 Å². The lowest BCUT2D eigenvalue weighted by Crippen LogP contribution is -2.37. The van der Waals surface area contributed by atoms with E-state index in [-0.39, 0.29) is 6.10 Å². The number of ether oxygens (including phenoxy) is 1. The summed E-state index contributed by atoms with van der Waals surface area (Å²) in [5.41, 5.74) is 0.645. The van der Waals surface area contributed by atoms with E-state index in [1.165, 1.54) is 5.56 Å². The summed E-state index contributed by atoms with van der Waals surface area (Å²) in [6.07, 6.45) is 2.76. The monoisotopic (exact) mass is 234 g/mol. The Bertz CT molecular complexity index is 365. The van der Waals surface area contributed by atoms with Gasteiger partial charge in [-0.3, -0.25) is 0 Å². The smallest absolute Gasteiger partial charge is 0.127 e. The maximum Gasteiger partial charge on any atom is 0.127 e. The first-order chi connectivity index (χ1) is 7.99. The molecular weight excluding hydrogens is 212 g/mol. The summed E-state index contributed by atoms with van der Waals surface area (Å²) >= 11 is 0. The summed E-state index contributed by atoms with van der Waals surface area (Å²) in [5, 5.41) is 10.1. The standard InChI is InChI=1S/C15H22O2/c1-11(2)12-6-8-13(9-7-12)17-14-5-4-10-15(14,3)16/h6-9,11,14,16H,4-5,10H2,1-3H3. The van der Waals surface area contributed by atoms with E-state index in [0.717, 1.165) is 25.0 Å². The van der Waals surface area contributed by atoms with Crippen LogP contribution in [-0.2, 0) is 0 Å². The molecule has 2 unspecified atom stereocenters. The molecule has 0 spiro atoms. The highest BCUT2D eigenvalue weighted by molar-refractivity contribution is 5.29. The minimum Gasteiger partial charge on any atom is -0.487 e. The van der Waals surface area contributed by atoms with Gasteiger partial charge in [0.25, 0.3) is 0 Å². The van der Waals surface area contributed by atoms with Gasteiger partial charge < -0.3 is 9.84 Å². The van der Waals surface area contributed by atoms with Crippen LogP contribution >= 0.6 is 0 Å². The summed E-state index contributed by atoms with van der Waals surface area (Å²) in [5.74, 6) is 1.40. The second-order valence-corrected chi connectivity index (χ2v) is 5.58. The molecule has 1 aliphatic carbocycles. The number of hydrogen-bond acceptors (Lipinski definition) is 2. The van der Waals surface area contributed by atoms with Crippen molar-refractivity contribution in [1.29, 1.82) is 0 Å². The second kappa shape index (κ2) is 4.69. The molecule has 1 aliphatic rings. The highest BCUT2D eigenvalue weighted by Gasteiger charge is 2.38. The molecule has 1 saturated carbocycles. The zero-order valence-electron chi connectivity index (χ0n) is 10.9. The molecular formula is C15H22O2. The predicted molar refractivity (Wildman–Crippen MR) is 69.4 cm³/mol. The molecule has 0 saturated heterocycles. The van der Waals surface area contributed by atoms with Gasteiger partial charge in [-0.2, -0.15) is 0 Å². The summed E-state index contributed by atoms with van der Waals surface area (Å²) in [6.45, 7) is 6.22. The van der Waals surface area contributed by atoms with Crippen molar-refractivity contribution in [2.75, 3.05) is 0 Å². The molecule has 17 heavy (non-hydrogen) atoms. The van der Waals surface area contributed by atoms with Gasteiger partial charge in [0.1, 0.15) is 11.9 Å². The first-order valence-electron chi connectivity index (χ1n) is 6.48. The Hall–Kier alpha value is -1.02. The molecule has 1 N–H and O–H groups in total. The molecule has 1 aromatic carbocycles. The fourth-order valence-electron chi connectivity index (χ4n) is 2.40. The first-order valence-corrected chi connectivity index (χ1v) is 6.48. The largest absolute Gasteiger partial charge is 0.487 e. The van der Waals surface area contributed by atoms with E-state index in [1.807, 2.05) is 19.1 Å². The van der Waals surface area contributed by atoms with Crippen LogP contribution in [0.15, 0.2) is 24.3 Å². The van der Waals surface area contributed by atoms with Crippen molar-refractivity contribution < 1.29 is 9.84 Å². The molecule has 0 aliphatic heterocycles. The maximum absolute atomic E-state index is 10.1. The normalized spacial score (nSPS) is 28.6. The minimum atomic E-state index is -0.670. The van der Waals surface area contributed by atoms with Crippen LogP contribution in [0.25, 0.3) is 0 Å². The molecule has 1 fully saturated rings. The molecule has 0 radical (unpaired) electrons. The van der Waals surface area contributed by atoms with Crippen molar-refractivity contribution in [1.82, 2.24) is 0 Å². The zero-order valence-corrected chi connectivity index (χ0v) is 10.9. The Balaban J connectivity index is 2.04. The van der Waals surface area contributed by atoms with Gasteiger partial charge in [-0.25, -0.2) is 0 Å². The molecule has 2 nitrogen and oxygen atoms in total. The third kappa shape index (κ3) is 2.81. The van der Waals surface area contributed by atoms with Crippen molar-refractivity contribution in [3.63, 3.8) is 0 Å². The van der Waals surface area contributed by atoms with Crippen molar-refractivity contribution in [2.45, 2.75) is 57.7 Å². The van der Waals surface area contributed by atoms with E-state index < -0.39 is 5.60 Å². The Morgan fingerprint density at radius 3 is 2.41 bits per heavy atom. The fourth-order valence-corrected chi connectivity index (χ4v) is 2.40. The van der Waals surface area contributed by atoms with Gasteiger partial charge in [0, 0.05) is 0 Å². The summed E-state index contributed by atoms with van der Waals surface area (Å²) in [7, 11) is 0. The van der Waals surface area contributed by atoms with Crippen LogP contribution in [0.4, 0.5) is 0 Å². The van der Waals surface area contributed by atoms with Gasteiger partial charge in [0.05, 0.1) is 5.60 Å². The van der Waals surface area contributed by atoms with Crippen LogP contribution in [-0.4, -0.2) is 16.8 Å². The Kier molecular flexibility index (Phi) is 3.43. The molecule has 2 atom stereocenters. The molecule has 2 rings (SSSR count). The molecule has 0 aromatic heterocycles. The third-order valence-corrected chi connectivity index (χ3v) is 3.67. The molecule has 94 valence electrons. The summed E-state index contributed by atoms with van der Waals surface area (Å²) in [6, 6.07) is 8.21. The van der Waals surface area contributed by atoms with E-state index in [0.29, 0.717) is 5.92 Å². The number of rotatable bonds is 3. The average Bonchev–Trinajstić information content (AvgIpc) is 2.59. The maximum atomic E-state index is 10.1. The van der Waals surface area contributed by atoms with Crippen LogP contribution in [0.2, 0.25) is 0 Å². The number of aliphatic hydroxyl groups is 1. The van der Waals surface area contributed by atoms with Crippen LogP contribution in [0.3, 0.4) is 0 Å². The van der Waals surface area contributed by atoms with Crippen molar-refractivity contribution in [3.05, 3.63) is 29.8 Å². The van der Waals surface area contributed by atoms with E-state index in [2.05, 4.69) is 26.0 Å². The van der Waals surface area contributed by atoms with E-state index in [4.69, 9.17) is 4.74 Å². The van der Waals surface area contributed by atoms with E-state index >= 15 is 0 Å². The zero-order chi connectivity index (χ0) is 12.5. The van der Waals surface area contributed by atoms with Crippen LogP contribution in [0.1, 0.15) is 51.5 Å². The SMILES string of the molecule is CC(C)c1ccc(OC2CCCC2(C)O)cc1. The lowest BCUT2D eigenvalue weighted by atomic mass is 10.0. The molecule has 0 heterocycles. The van der Waals surface area contributed by atoms with E-state index in [9.17, 15) is 5.11 Å². The first kappa shape index (κ1) is 12.4. The highest BCUT2D eigenvalue weighted by atomic mass is 16.5. The van der Waals surface area contributed by atoms with Crippen LogP contribution in [0, 0.1) is 0 Å². The highest BCUT2D eigenvalue weighted by Crippen LogP contribution is 2.33. The fraction of sp³-hybridized carbons (Fsp3) is 0.600. The molecule has 0 bridgehead atoms. The average molecular weight is 234 g/mol. The van der Waals surface area contributed by atoms with Gasteiger partial charge in [-0.05, 0) is 49.8 Å². The molecule has 1 aromatic rings. The van der Waals surface area contributed by atoms with Gasteiger partial charge in [0.15, 0.2) is 0 Å². The lowest BCUT2D eigenvalue weighted by molar-refractivity contribution is -0.0252. The van der Waals surface area contributed by atoms with Crippen LogP contribution in [0.5, 0.6) is 5.75 Å². The Morgan fingerprint density at radius 2 is 1.94 bits per heavy atom. The third-order valence-electron chi connectivity index (χ3n) is 3.67. The molecule has 2 heteroatoms.